The van der Waals surface area contributed by atoms with E-state index in [0.29, 0.717) is 18.2 Å². The summed E-state index contributed by atoms with van der Waals surface area (Å²) in [6.45, 7) is 1.32. The SMILES string of the molecule is N#Cc1ccc(NCC(=O)N2CC3C[C@@H]4CC2C[C@H](C3)C4)cc1. The molecule has 23 heavy (non-hydrogen) atoms. The highest BCUT2D eigenvalue weighted by Gasteiger charge is 2.43. The standard InChI is InChI=1S/C19H23N3O/c20-10-13-1-3-17(4-2-13)21-11-19(23)22-12-16-6-14-5-15(7-16)9-18(22)8-14/h1-4,14-16,18,21H,5-9,11-12H2/t14-,15+,16?,18?. The number of hydrogen-bond acceptors (Lipinski definition) is 3. The zero-order valence-electron chi connectivity index (χ0n) is 13.4. The minimum Gasteiger partial charge on any atom is -0.376 e. The summed E-state index contributed by atoms with van der Waals surface area (Å²) in [6, 6.07) is 9.86. The van der Waals surface area contributed by atoms with Gasteiger partial charge in [0.1, 0.15) is 0 Å². The molecular weight excluding hydrogens is 286 g/mol. The number of benzene rings is 1. The van der Waals surface area contributed by atoms with E-state index in [1.54, 1.807) is 12.1 Å². The number of carbonyl (C=O) groups excluding carboxylic acids is 1. The molecule has 4 aliphatic rings. The van der Waals surface area contributed by atoms with Crippen LogP contribution in [-0.2, 0) is 4.79 Å². The molecule has 2 unspecified atom stereocenters. The first kappa shape index (κ1) is 14.6. The molecule has 0 radical (unpaired) electrons. The van der Waals surface area contributed by atoms with Crippen molar-refractivity contribution in [3.8, 4) is 6.07 Å². The number of nitrogens with zero attached hydrogens (tertiary/aromatic N) is 2. The van der Waals surface area contributed by atoms with Gasteiger partial charge in [-0.3, -0.25) is 4.79 Å². The summed E-state index contributed by atoms with van der Waals surface area (Å²) in [5, 5.41) is 12.0. The summed E-state index contributed by atoms with van der Waals surface area (Å²) in [5.41, 5.74) is 1.54. The van der Waals surface area contributed by atoms with E-state index in [1.165, 1.54) is 32.1 Å². The van der Waals surface area contributed by atoms with Gasteiger partial charge in [0.15, 0.2) is 0 Å². The van der Waals surface area contributed by atoms with Crippen molar-refractivity contribution >= 4 is 11.6 Å². The summed E-state index contributed by atoms with van der Waals surface area (Å²) in [6.07, 6.45) is 6.50. The van der Waals surface area contributed by atoms with Crippen LogP contribution in [0.2, 0.25) is 0 Å². The molecule has 4 bridgehead atoms. The Kier molecular flexibility index (Phi) is 3.72. The van der Waals surface area contributed by atoms with Crippen molar-refractivity contribution < 1.29 is 4.79 Å². The summed E-state index contributed by atoms with van der Waals surface area (Å²) >= 11 is 0. The number of rotatable bonds is 3. The molecule has 4 fully saturated rings. The van der Waals surface area contributed by atoms with Crippen molar-refractivity contribution in [2.45, 2.75) is 38.1 Å². The van der Waals surface area contributed by atoms with Gasteiger partial charge in [-0.05, 0) is 74.1 Å². The van der Waals surface area contributed by atoms with Crippen LogP contribution in [0.15, 0.2) is 24.3 Å². The van der Waals surface area contributed by atoms with Gasteiger partial charge in [-0.15, -0.1) is 0 Å². The molecule has 0 spiro atoms. The monoisotopic (exact) mass is 309 g/mol. The van der Waals surface area contributed by atoms with E-state index in [1.807, 2.05) is 12.1 Å². The van der Waals surface area contributed by atoms with E-state index in [4.69, 9.17) is 5.26 Å². The highest BCUT2D eigenvalue weighted by Crippen LogP contribution is 2.47. The lowest BCUT2D eigenvalue weighted by Crippen LogP contribution is -2.44. The Balaban J connectivity index is 1.40. The molecule has 2 saturated heterocycles. The molecule has 2 saturated carbocycles. The highest BCUT2D eigenvalue weighted by molar-refractivity contribution is 5.81. The third kappa shape index (κ3) is 2.93. The summed E-state index contributed by atoms with van der Waals surface area (Å²) in [4.78, 5) is 14.9. The maximum absolute atomic E-state index is 12.7. The normalized spacial score (nSPS) is 31.5. The molecule has 4 atom stereocenters. The predicted octanol–water partition coefficient (Wildman–Crippen LogP) is 3.01. The molecule has 1 N–H and O–H groups in total. The fraction of sp³-hybridized carbons (Fsp3) is 0.579. The fourth-order valence-electron chi connectivity index (χ4n) is 5.03. The zero-order chi connectivity index (χ0) is 15.8. The van der Waals surface area contributed by atoms with Gasteiger partial charge in [0.25, 0.3) is 0 Å². The van der Waals surface area contributed by atoms with Gasteiger partial charge in [0.2, 0.25) is 5.91 Å². The van der Waals surface area contributed by atoms with E-state index in [0.717, 1.165) is 30.0 Å². The lowest BCUT2D eigenvalue weighted by Gasteiger charge is -2.39. The van der Waals surface area contributed by atoms with Crippen molar-refractivity contribution in [1.29, 1.82) is 5.26 Å². The molecule has 1 aromatic carbocycles. The number of amides is 1. The molecule has 4 nitrogen and oxygen atoms in total. The number of nitriles is 1. The third-order valence-corrected chi connectivity index (χ3v) is 5.88. The largest absolute Gasteiger partial charge is 0.376 e. The van der Waals surface area contributed by atoms with Crippen molar-refractivity contribution in [2.75, 3.05) is 18.4 Å². The Hall–Kier alpha value is -2.02. The maximum Gasteiger partial charge on any atom is 0.242 e. The third-order valence-electron chi connectivity index (χ3n) is 5.88. The Morgan fingerprint density at radius 3 is 2.39 bits per heavy atom. The van der Waals surface area contributed by atoms with Crippen LogP contribution in [0, 0.1) is 29.1 Å². The summed E-state index contributed by atoms with van der Waals surface area (Å²) in [7, 11) is 0. The Labute approximate surface area is 137 Å². The quantitative estimate of drug-likeness (QED) is 0.934. The van der Waals surface area contributed by atoms with Crippen molar-refractivity contribution in [2.24, 2.45) is 17.8 Å². The smallest absolute Gasteiger partial charge is 0.242 e. The van der Waals surface area contributed by atoms with E-state index in [-0.39, 0.29) is 5.91 Å². The maximum atomic E-state index is 12.7. The molecule has 2 heterocycles. The molecule has 2 aliphatic carbocycles. The highest BCUT2D eigenvalue weighted by atomic mass is 16.2. The average Bonchev–Trinajstić information content (AvgIpc) is 2.76. The van der Waals surface area contributed by atoms with Gasteiger partial charge in [0.05, 0.1) is 18.2 Å². The van der Waals surface area contributed by atoms with Crippen LogP contribution >= 0.6 is 0 Å². The second-order valence-corrected chi connectivity index (χ2v) is 7.52. The van der Waals surface area contributed by atoms with Crippen LogP contribution < -0.4 is 5.32 Å². The number of hydrogen-bond donors (Lipinski definition) is 1. The number of carbonyl (C=O) groups is 1. The second-order valence-electron chi connectivity index (χ2n) is 7.52. The topological polar surface area (TPSA) is 56.1 Å². The average molecular weight is 309 g/mol. The first-order valence-corrected chi connectivity index (χ1v) is 8.74. The van der Waals surface area contributed by atoms with Crippen LogP contribution in [0.1, 0.15) is 37.7 Å². The zero-order valence-corrected chi connectivity index (χ0v) is 13.4. The molecule has 2 aliphatic heterocycles. The van der Waals surface area contributed by atoms with Crippen LogP contribution in [-0.4, -0.2) is 29.9 Å². The van der Waals surface area contributed by atoms with Gasteiger partial charge in [-0.25, -0.2) is 0 Å². The first-order chi connectivity index (χ1) is 11.2. The minimum absolute atomic E-state index is 0.229. The van der Waals surface area contributed by atoms with Crippen LogP contribution in [0.5, 0.6) is 0 Å². The molecular formula is C19H23N3O. The van der Waals surface area contributed by atoms with Crippen molar-refractivity contribution in [1.82, 2.24) is 4.90 Å². The number of fused-ring (bicyclic) bond motifs is 1. The van der Waals surface area contributed by atoms with Crippen LogP contribution in [0.4, 0.5) is 5.69 Å². The van der Waals surface area contributed by atoms with Gasteiger partial charge >= 0.3 is 0 Å². The Bertz CT molecular complexity index is 619. The molecule has 0 aromatic heterocycles. The first-order valence-electron chi connectivity index (χ1n) is 8.74. The lowest BCUT2D eigenvalue weighted by atomic mass is 9.68. The van der Waals surface area contributed by atoms with Crippen LogP contribution in [0.3, 0.4) is 0 Å². The van der Waals surface area contributed by atoms with E-state index < -0.39 is 0 Å². The van der Waals surface area contributed by atoms with Gasteiger partial charge in [-0.1, -0.05) is 0 Å². The molecule has 120 valence electrons. The van der Waals surface area contributed by atoms with Crippen molar-refractivity contribution in [3.05, 3.63) is 29.8 Å². The minimum atomic E-state index is 0.229. The van der Waals surface area contributed by atoms with Gasteiger partial charge < -0.3 is 10.2 Å². The van der Waals surface area contributed by atoms with Crippen molar-refractivity contribution in [3.63, 3.8) is 0 Å². The predicted molar refractivity (Wildman–Crippen MR) is 88.7 cm³/mol. The van der Waals surface area contributed by atoms with E-state index in [9.17, 15) is 4.79 Å². The second kappa shape index (κ2) is 5.88. The molecule has 1 aromatic rings. The lowest BCUT2D eigenvalue weighted by molar-refractivity contribution is -0.132. The fourth-order valence-corrected chi connectivity index (χ4v) is 5.03. The molecule has 1 amide bonds. The van der Waals surface area contributed by atoms with E-state index >= 15 is 0 Å². The Morgan fingerprint density at radius 1 is 1.09 bits per heavy atom. The number of anilines is 1. The molecule has 4 heteroatoms. The van der Waals surface area contributed by atoms with E-state index in [2.05, 4.69) is 16.3 Å². The summed E-state index contributed by atoms with van der Waals surface area (Å²) < 4.78 is 0. The Morgan fingerprint density at radius 2 is 1.74 bits per heavy atom. The molecule has 5 rings (SSSR count). The van der Waals surface area contributed by atoms with Gasteiger partial charge in [0, 0.05) is 18.3 Å². The summed E-state index contributed by atoms with van der Waals surface area (Å²) in [5.74, 6) is 2.68. The van der Waals surface area contributed by atoms with Gasteiger partial charge in [-0.2, -0.15) is 5.26 Å². The van der Waals surface area contributed by atoms with Crippen LogP contribution in [0.25, 0.3) is 0 Å². The number of nitrogens with one attached hydrogen (secondary N) is 1.